The third kappa shape index (κ3) is 7.63. The first-order valence-electron chi connectivity index (χ1n) is 16.5. The Bertz CT molecular complexity index is 1430. The van der Waals surface area contributed by atoms with Crippen LogP contribution in [0.15, 0.2) is 66.7 Å². The third-order valence-electron chi connectivity index (χ3n) is 10.5. The summed E-state index contributed by atoms with van der Waals surface area (Å²) in [7, 11) is 3.22. The van der Waals surface area contributed by atoms with Crippen LogP contribution in [0, 0.1) is 16.7 Å². The molecule has 1 unspecified atom stereocenters. The van der Waals surface area contributed by atoms with Gasteiger partial charge in [0.05, 0.1) is 33.5 Å². The van der Waals surface area contributed by atoms with Gasteiger partial charge in [-0.15, -0.1) is 0 Å². The molecule has 2 aliphatic heterocycles. The summed E-state index contributed by atoms with van der Waals surface area (Å²) in [5.41, 5.74) is 3.15. The first kappa shape index (κ1) is 34.0. The first-order chi connectivity index (χ1) is 22.1. The lowest BCUT2D eigenvalue weighted by molar-refractivity contribution is 0.0475. The summed E-state index contributed by atoms with van der Waals surface area (Å²) in [6.07, 6.45) is 2.11. The number of aromatic hydroxyl groups is 1. The molecule has 8 heteroatoms. The van der Waals surface area contributed by atoms with E-state index in [4.69, 9.17) is 14.2 Å². The van der Waals surface area contributed by atoms with Gasteiger partial charge in [-0.25, -0.2) is 0 Å². The van der Waals surface area contributed by atoms with Crippen molar-refractivity contribution in [3.63, 3.8) is 0 Å². The highest BCUT2D eigenvalue weighted by Gasteiger charge is 2.47. The zero-order chi connectivity index (χ0) is 32.9. The predicted molar refractivity (Wildman–Crippen MR) is 181 cm³/mol. The molecule has 3 aromatic carbocycles. The largest absolute Gasteiger partial charge is 0.504 e. The molecule has 0 aromatic heterocycles. The van der Waals surface area contributed by atoms with E-state index in [2.05, 4.69) is 60.5 Å². The fraction of sp³-hybridized carbons (Fsp3) is 0.526. The lowest BCUT2D eigenvalue weighted by Gasteiger charge is -2.34. The number of likely N-dealkylation sites (tertiary alicyclic amines) is 1. The number of hydrogen-bond acceptors (Lipinski definition) is 8. The molecule has 0 bridgehead atoms. The number of aliphatic hydroxyl groups excluding tert-OH is 2. The molecule has 0 spiro atoms. The number of hydrogen-bond donors (Lipinski definition) is 4. The van der Waals surface area contributed by atoms with Gasteiger partial charge in [0.25, 0.3) is 0 Å². The summed E-state index contributed by atoms with van der Waals surface area (Å²) >= 11 is 0. The quantitative estimate of drug-likeness (QED) is 0.218. The van der Waals surface area contributed by atoms with Gasteiger partial charge < -0.3 is 34.8 Å². The molecule has 0 radical (unpaired) electrons. The van der Waals surface area contributed by atoms with E-state index in [1.54, 1.807) is 26.4 Å². The van der Waals surface area contributed by atoms with Crippen molar-refractivity contribution in [2.75, 3.05) is 53.6 Å². The Morgan fingerprint density at radius 1 is 0.913 bits per heavy atom. The summed E-state index contributed by atoms with van der Waals surface area (Å²) < 4.78 is 16.5. The maximum atomic E-state index is 10.5. The molecule has 1 aliphatic carbocycles. The fourth-order valence-corrected chi connectivity index (χ4v) is 6.99. The Labute approximate surface area is 274 Å². The molecule has 3 aliphatic rings. The number of nitrogens with one attached hydrogen (secondary N) is 1. The Hall–Kier alpha value is -3.30. The lowest BCUT2D eigenvalue weighted by Crippen LogP contribution is -2.36. The Balaban J connectivity index is 0.000000184. The molecule has 250 valence electrons. The average molecular weight is 633 g/mol. The van der Waals surface area contributed by atoms with E-state index in [-0.39, 0.29) is 29.1 Å². The second-order valence-corrected chi connectivity index (χ2v) is 14.0. The summed E-state index contributed by atoms with van der Waals surface area (Å²) in [5.74, 6) is 3.40. The van der Waals surface area contributed by atoms with Crippen LogP contribution in [0.3, 0.4) is 0 Å². The molecule has 3 fully saturated rings. The molecule has 3 aromatic rings. The van der Waals surface area contributed by atoms with E-state index in [0.29, 0.717) is 17.6 Å². The van der Waals surface area contributed by atoms with Crippen molar-refractivity contribution in [3.8, 4) is 23.0 Å². The van der Waals surface area contributed by atoms with E-state index >= 15 is 0 Å². The SMILES string of the molecule is COc1ccc(C2CN(Cc3ccccc3)C[C@]2(C)[C@H](C)O)cc1O.COc1ccc([C@@H]2CNC[C@@]2(C)CO)cc1OCC1CC1. The zero-order valence-electron chi connectivity index (χ0n) is 28.0. The number of nitrogens with zero attached hydrogens (tertiary/aromatic N) is 1. The van der Waals surface area contributed by atoms with E-state index in [9.17, 15) is 15.3 Å². The number of aliphatic hydroxyl groups is 2. The maximum Gasteiger partial charge on any atom is 0.161 e. The van der Waals surface area contributed by atoms with Gasteiger partial charge in [-0.3, -0.25) is 4.90 Å². The highest BCUT2D eigenvalue weighted by atomic mass is 16.5. The standard InChI is InChI=1S/C21H27NO3.C17H25NO3/c1-15(23)21(2)14-22(12-16-7-5-4-6-8-16)13-18(21)17-9-10-20(25-3)19(24)11-17;1-17(11-19)10-18-8-14(17)13-5-6-15(20-2)16(7-13)21-9-12-3-4-12/h4-11,15,18,23-24H,12-14H2,1-3H3;5-7,12,14,18-19H,3-4,8-11H2,1-2H3/t15-,18?,21+;14-,17-/m00/s1. The van der Waals surface area contributed by atoms with Gasteiger partial charge in [0.2, 0.25) is 0 Å². The minimum absolute atomic E-state index is 0.109. The summed E-state index contributed by atoms with van der Waals surface area (Å²) in [6, 6.07) is 22.1. The lowest BCUT2D eigenvalue weighted by atomic mass is 9.72. The van der Waals surface area contributed by atoms with Crippen molar-refractivity contribution in [2.45, 2.75) is 58.1 Å². The number of benzene rings is 3. The van der Waals surface area contributed by atoms with Crippen molar-refractivity contribution in [1.82, 2.24) is 10.2 Å². The van der Waals surface area contributed by atoms with Gasteiger partial charge >= 0.3 is 0 Å². The van der Waals surface area contributed by atoms with Gasteiger partial charge in [-0.1, -0.05) is 56.3 Å². The van der Waals surface area contributed by atoms with Gasteiger partial charge in [-0.05, 0) is 66.6 Å². The molecule has 8 nitrogen and oxygen atoms in total. The number of ether oxygens (including phenoxy) is 3. The number of phenolic OH excluding ortho intramolecular Hbond substituents is 1. The fourth-order valence-electron chi connectivity index (χ4n) is 6.99. The van der Waals surface area contributed by atoms with Crippen molar-refractivity contribution in [2.24, 2.45) is 16.7 Å². The topological polar surface area (TPSA) is 104 Å². The van der Waals surface area contributed by atoms with Crippen LogP contribution in [0.2, 0.25) is 0 Å². The minimum Gasteiger partial charge on any atom is -0.504 e. The average Bonchev–Trinajstić information content (AvgIpc) is 3.72. The van der Waals surface area contributed by atoms with Crippen LogP contribution in [-0.4, -0.2) is 79.9 Å². The van der Waals surface area contributed by atoms with Crippen molar-refractivity contribution >= 4 is 0 Å². The molecule has 2 heterocycles. The second-order valence-electron chi connectivity index (χ2n) is 14.0. The maximum absolute atomic E-state index is 10.5. The Morgan fingerprint density at radius 2 is 1.59 bits per heavy atom. The van der Waals surface area contributed by atoms with Crippen LogP contribution in [0.5, 0.6) is 23.0 Å². The number of methoxy groups -OCH3 is 2. The molecule has 2 saturated heterocycles. The van der Waals surface area contributed by atoms with Crippen molar-refractivity contribution in [3.05, 3.63) is 83.4 Å². The monoisotopic (exact) mass is 632 g/mol. The second kappa shape index (κ2) is 14.6. The van der Waals surface area contributed by atoms with Crippen LogP contribution < -0.4 is 19.5 Å². The van der Waals surface area contributed by atoms with E-state index in [0.717, 1.165) is 56.4 Å². The molecule has 0 amide bonds. The minimum atomic E-state index is -0.442. The van der Waals surface area contributed by atoms with Crippen LogP contribution in [0.1, 0.15) is 62.1 Å². The number of rotatable bonds is 11. The summed E-state index contributed by atoms with van der Waals surface area (Å²) in [5, 5.41) is 33.7. The molecular formula is C38H52N2O6. The van der Waals surface area contributed by atoms with Gasteiger partial charge in [0.1, 0.15) is 0 Å². The number of phenols is 1. The molecule has 46 heavy (non-hydrogen) atoms. The Kier molecular flexibility index (Phi) is 10.8. The van der Waals surface area contributed by atoms with Gasteiger partial charge in [0, 0.05) is 55.4 Å². The highest BCUT2D eigenvalue weighted by molar-refractivity contribution is 5.45. The summed E-state index contributed by atoms with van der Waals surface area (Å²) in [6.45, 7) is 11.4. The van der Waals surface area contributed by atoms with Crippen molar-refractivity contribution < 1.29 is 29.5 Å². The van der Waals surface area contributed by atoms with E-state index in [1.807, 2.05) is 25.1 Å². The molecular weight excluding hydrogens is 580 g/mol. The molecule has 6 rings (SSSR count). The normalized spacial score (nSPS) is 26.7. The van der Waals surface area contributed by atoms with Crippen molar-refractivity contribution in [1.29, 1.82) is 0 Å². The predicted octanol–water partition coefficient (Wildman–Crippen LogP) is 5.56. The molecule has 1 saturated carbocycles. The molecule has 5 atom stereocenters. The van der Waals surface area contributed by atoms with Crippen LogP contribution in [0.4, 0.5) is 0 Å². The first-order valence-corrected chi connectivity index (χ1v) is 16.5. The van der Waals surface area contributed by atoms with Crippen LogP contribution in [0.25, 0.3) is 0 Å². The van der Waals surface area contributed by atoms with Crippen LogP contribution in [-0.2, 0) is 6.54 Å². The van der Waals surface area contributed by atoms with Crippen LogP contribution >= 0.6 is 0 Å². The smallest absolute Gasteiger partial charge is 0.161 e. The van der Waals surface area contributed by atoms with E-state index < -0.39 is 6.10 Å². The highest BCUT2D eigenvalue weighted by Crippen LogP contribution is 2.47. The van der Waals surface area contributed by atoms with E-state index in [1.165, 1.54) is 24.0 Å². The Morgan fingerprint density at radius 3 is 2.20 bits per heavy atom. The summed E-state index contributed by atoms with van der Waals surface area (Å²) in [4.78, 5) is 2.38. The molecule has 4 N–H and O–H groups in total. The zero-order valence-corrected chi connectivity index (χ0v) is 28.0. The van der Waals surface area contributed by atoms with Gasteiger partial charge in [-0.2, -0.15) is 0 Å². The van der Waals surface area contributed by atoms with Gasteiger partial charge in [0.15, 0.2) is 23.0 Å². The third-order valence-corrected chi connectivity index (χ3v) is 10.5.